The molecule has 0 fully saturated rings. The first kappa shape index (κ1) is 16.3. The summed E-state index contributed by atoms with van der Waals surface area (Å²) in [5, 5.41) is 12.3. The van der Waals surface area contributed by atoms with Crippen LogP contribution in [0.5, 0.6) is 0 Å². The van der Waals surface area contributed by atoms with E-state index in [4.69, 9.17) is 11.6 Å². The van der Waals surface area contributed by atoms with Gasteiger partial charge in [-0.2, -0.15) is 5.26 Å². The largest absolute Gasteiger partial charge is 0.320 e. The van der Waals surface area contributed by atoms with Gasteiger partial charge in [0.05, 0.1) is 10.7 Å². The average Bonchev–Trinajstić information content (AvgIpc) is 2.50. The number of anilines is 1. The van der Waals surface area contributed by atoms with Gasteiger partial charge in [-0.3, -0.25) is 4.79 Å². The normalized spacial score (nSPS) is 10.9. The zero-order valence-corrected chi connectivity index (χ0v) is 14.1. The lowest BCUT2D eigenvalue weighted by Crippen LogP contribution is -2.14. The van der Waals surface area contributed by atoms with Gasteiger partial charge in [-0.05, 0) is 42.3 Å². The van der Waals surface area contributed by atoms with Crippen molar-refractivity contribution in [3.8, 4) is 6.07 Å². The van der Waals surface area contributed by atoms with Crippen LogP contribution < -0.4 is 5.32 Å². The molecule has 1 N–H and O–H groups in total. The quantitative estimate of drug-likeness (QED) is 0.609. The van der Waals surface area contributed by atoms with Crippen LogP contribution >= 0.6 is 27.5 Å². The summed E-state index contributed by atoms with van der Waals surface area (Å²) in [6.07, 6.45) is 1.54. The number of carbonyl (C=O) groups is 1. The lowest BCUT2D eigenvalue weighted by Gasteiger charge is -2.09. The second-order valence-corrected chi connectivity index (χ2v) is 5.93. The summed E-state index contributed by atoms with van der Waals surface area (Å²) in [7, 11) is 0. The minimum absolute atomic E-state index is 0.0154. The monoisotopic (exact) mass is 374 g/mol. The molecule has 110 valence electrons. The maximum Gasteiger partial charge on any atom is 0.266 e. The third-order valence-corrected chi connectivity index (χ3v) is 3.85. The second-order valence-electron chi connectivity index (χ2n) is 4.61. The highest BCUT2D eigenvalue weighted by Crippen LogP contribution is 2.25. The van der Waals surface area contributed by atoms with E-state index < -0.39 is 5.91 Å². The minimum atomic E-state index is -0.485. The summed E-state index contributed by atoms with van der Waals surface area (Å²) in [5.74, 6) is -0.485. The molecule has 0 saturated carbocycles. The molecule has 0 heterocycles. The lowest BCUT2D eigenvalue weighted by atomic mass is 10.1. The molecule has 0 aliphatic heterocycles. The summed E-state index contributed by atoms with van der Waals surface area (Å²) in [6, 6.07) is 14.6. The standard InChI is InChI=1S/C17H12BrClN2O/c1-11-3-2-4-15(19)16(11)21-17(22)13(10-20)9-12-5-7-14(18)8-6-12/h2-9H,1H3,(H,21,22)/b13-9+. The van der Waals surface area contributed by atoms with Crippen molar-refractivity contribution < 1.29 is 4.79 Å². The Labute approximate surface area is 142 Å². The van der Waals surface area contributed by atoms with Gasteiger partial charge in [0, 0.05) is 4.47 Å². The number of benzene rings is 2. The van der Waals surface area contributed by atoms with E-state index in [0.717, 1.165) is 15.6 Å². The van der Waals surface area contributed by atoms with E-state index in [2.05, 4.69) is 21.2 Å². The average molecular weight is 376 g/mol. The number of hydrogen-bond donors (Lipinski definition) is 1. The van der Waals surface area contributed by atoms with Gasteiger partial charge in [0.1, 0.15) is 11.6 Å². The first-order valence-electron chi connectivity index (χ1n) is 6.45. The van der Waals surface area contributed by atoms with Crippen LogP contribution in [0.15, 0.2) is 52.5 Å². The van der Waals surface area contributed by atoms with Crippen LogP contribution in [-0.2, 0) is 4.79 Å². The third kappa shape index (κ3) is 3.97. The molecule has 0 radical (unpaired) electrons. The molecular weight excluding hydrogens is 364 g/mol. The Morgan fingerprint density at radius 2 is 1.95 bits per heavy atom. The van der Waals surface area contributed by atoms with E-state index >= 15 is 0 Å². The van der Waals surface area contributed by atoms with Crippen LogP contribution in [0, 0.1) is 18.3 Å². The molecule has 2 aromatic rings. The smallest absolute Gasteiger partial charge is 0.266 e. The fraction of sp³-hybridized carbons (Fsp3) is 0.0588. The zero-order valence-electron chi connectivity index (χ0n) is 11.7. The number of nitrogens with one attached hydrogen (secondary N) is 1. The van der Waals surface area contributed by atoms with E-state index in [1.807, 2.05) is 43.3 Å². The Kier molecular flexibility index (Phi) is 5.37. The summed E-state index contributed by atoms with van der Waals surface area (Å²) in [6.45, 7) is 1.84. The van der Waals surface area contributed by atoms with Crippen LogP contribution in [0.2, 0.25) is 5.02 Å². The molecule has 5 heteroatoms. The van der Waals surface area contributed by atoms with Crippen LogP contribution in [0.4, 0.5) is 5.69 Å². The number of para-hydroxylation sites is 1. The number of nitriles is 1. The zero-order chi connectivity index (χ0) is 16.1. The summed E-state index contributed by atoms with van der Waals surface area (Å²) in [4.78, 5) is 12.2. The number of aryl methyl sites for hydroxylation is 1. The van der Waals surface area contributed by atoms with Gasteiger partial charge in [0.2, 0.25) is 0 Å². The van der Waals surface area contributed by atoms with E-state index in [9.17, 15) is 10.1 Å². The molecule has 3 nitrogen and oxygen atoms in total. The Bertz CT molecular complexity index is 756. The minimum Gasteiger partial charge on any atom is -0.320 e. The first-order chi connectivity index (χ1) is 10.5. The molecular formula is C17H12BrClN2O. The lowest BCUT2D eigenvalue weighted by molar-refractivity contribution is -0.112. The summed E-state index contributed by atoms with van der Waals surface area (Å²) < 4.78 is 0.930. The molecule has 0 aliphatic rings. The molecule has 2 aromatic carbocycles. The highest BCUT2D eigenvalue weighted by Gasteiger charge is 2.12. The highest BCUT2D eigenvalue weighted by molar-refractivity contribution is 9.10. The number of rotatable bonds is 3. The van der Waals surface area contributed by atoms with Crippen molar-refractivity contribution in [2.75, 3.05) is 5.32 Å². The van der Waals surface area contributed by atoms with Crippen molar-refractivity contribution >= 4 is 45.2 Å². The molecule has 0 spiro atoms. The molecule has 2 rings (SSSR count). The van der Waals surface area contributed by atoms with Crippen LogP contribution in [0.1, 0.15) is 11.1 Å². The maximum atomic E-state index is 12.2. The van der Waals surface area contributed by atoms with Crippen LogP contribution in [-0.4, -0.2) is 5.91 Å². The van der Waals surface area contributed by atoms with Gasteiger partial charge < -0.3 is 5.32 Å². The van der Waals surface area contributed by atoms with Gasteiger partial charge >= 0.3 is 0 Å². The topological polar surface area (TPSA) is 52.9 Å². The van der Waals surface area contributed by atoms with Crippen molar-refractivity contribution in [3.05, 3.63) is 68.7 Å². The summed E-state index contributed by atoms with van der Waals surface area (Å²) in [5.41, 5.74) is 2.14. The molecule has 22 heavy (non-hydrogen) atoms. The van der Waals surface area contributed by atoms with E-state index in [0.29, 0.717) is 10.7 Å². The van der Waals surface area contributed by atoms with Crippen molar-refractivity contribution in [2.24, 2.45) is 0 Å². The molecule has 0 atom stereocenters. The van der Waals surface area contributed by atoms with Crippen molar-refractivity contribution in [1.29, 1.82) is 5.26 Å². The second kappa shape index (κ2) is 7.26. The van der Waals surface area contributed by atoms with Crippen molar-refractivity contribution in [1.82, 2.24) is 0 Å². The van der Waals surface area contributed by atoms with Gasteiger partial charge in [-0.15, -0.1) is 0 Å². The first-order valence-corrected chi connectivity index (χ1v) is 7.62. The van der Waals surface area contributed by atoms with Gasteiger partial charge in [0.25, 0.3) is 5.91 Å². The van der Waals surface area contributed by atoms with E-state index in [-0.39, 0.29) is 5.57 Å². The molecule has 0 aromatic heterocycles. The van der Waals surface area contributed by atoms with Crippen LogP contribution in [0.25, 0.3) is 6.08 Å². The van der Waals surface area contributed by atoms with E-state index in [1.165, 1.54) is 6.08 Å². The molecule has 0 unspecified atom stereocenters. The molecule has 0 bridgehead atoms. The Balaban J connectivity index is 2.26. The van der Waals surface area contributed by atoms with Crippen LogP contribution in [0.3, 0.4) is 0 Å². The Morgan fingerprint density at radius 3 is 2.55 bits per heavy atom. The fourth-order valence-electron chi connectivity index (χ4n) is 1.85. The number of nitrogens with zero attached hydrogens (tertiary/aromatic N) is 1. The van der Waals surface area contributed by atoms with Gasteiger partial charge in [-0.1, -0.05) is 51.8 Å². The predicted octanol–water partition coefficient (Wildman–Crippen LogP) is 4.96. The summed E-state index contributed by atoms with van der Waals surface area (Å²) >= 11 is 9.41. The number of carbonyl (C=O) groups excluding carboxylic acids is 1. The Morgan fingerprint density at radius 1 is 1.27 bits per heavy atom. The Hall–Kier alpha value is -2.09. The van der Waals surface area contributed by atoms with Crippen molar-refractivity contribution in [3.63, 3.8) is 0 Å². The molecule has 0 saturated heterocycles. The fourth-order valence-corrected chi connectivity index (χ4v) is 2.38. The number of hydrogen-bond acceptors (Lipinski definition) is 2. The number of amides is 1. The van der Waals surface area contributed by atoms with Gasteiger partial charge in [0.15, 0.2) is 0 Å². The van der Waals surface area contributed by atoms with Crippen molar-refractivity contribution in [2.45, 2.75) is 6.92 Å². The van der Waals surface area contributed by atoms with Gasteiger partial charge in [-0.25, -0.2) is 0 Å². The SMILES string of the molecule is Cc1cccc(Cl)c1NC(=O)/C(C#N)=C/c1ccc(Br)cc1. The maximum absolute atomic E-state index is 12.2. The third-order valence-electron chi connectivity index (χ3n) is 3.01. The van der Waals surface area contributed by atoms with E-state index in [1.54, 1.807) is 12.1 Å². The molecule has 0 aliphatic carbocycles. The number of halogens is 2. The highest BCUT2D eigenvalue weighted by atomic mass is 79.9. The predicted molar refractivity (Wildman–Crippen MR) is 92.6 cm³/mol. The molecule has 1 amide bonds.